The Balaban J connectivity index is 1.57. The maximum Gasteiger partial charge on any atom is 0.254 e. The summed E-state index contributed by atoms with van der Waals surface area (Å²) in [6.45, 7) is 3.21. The number of nitrogens with zero attached hydrogens (tertiary/aromatic N) is 5. The average molecular weight is 311 g/mol. The number of hydrogen-bond donors (Lipinski definition) is 0. The number of aromatic nitrogens is 4. The van der Waals surface area contributed by atoms with Gasteiger partial charge >= 0.3 is 0 Å². The zero-order valence-corrected chi connectivity index (χ0v) is 12.8. The minimum atomic E-state index is 0.0192. The van der Waals surface area contributed by atoms with Crippen LogP contribution in [0, 0.1) is 6.92 Å². The van der Waals surface area contributed by atoms with Gasteiger partial charge in [0.05, 0.1) is 12.2 Å². The summed E-state index contributed by atoms with van der Waals surface area (Å²) in [6.07, 6.45) is 5.48. The molecule has 1 fully saturated rings. The Bertz CT molecular complexity index is 839. The van der Waals surface area contributed by atoms with E-state index in [1.807, 2.05) is 27.9 Å². The Morgan fingerprint density at radius 3 is 3.13 bits per heavy atom. The van der Waals surface area contributed by atoms with Crippen LogP contribution in [-0.4, -0.2) is 43.9 Å². The molecule has 1 aromatic carbocycles. The minimum absolute atomic E-state index is 0.0192. The van der Waals surface area contributed by atoms with E-state index in [0.29, 0.717) is 23.6 Å². The van der Waals surface area contributed by atoms with Gasteiger partial charge in [-0.2, -0.15) is 0 Å². The van der Waals surface area contributed by atoms with Crippen LogP contribution in [0.25, 0.3) is 11.1 Å². The van der Waals surface area contributed by atoms with Gasteiger partial charge in [-0.15, -0.1) is 5.10 Å². The van der Waals surface area contributed by atoms with Crippen molar-refractivity contribution in [2.45, 2.75) is 25.8 Å². The second-order valence-electron chi connectivity index (χ2n) is 5.85. The molecule has 1 atom stereocenters. The molecule has 1 unspecified atom stereocenters. The first-order valence-corrected chi connectivity index (χ1v) is 7.73. The Hall–Kier alpha value is -2.70. The zero-order chi connectivity index (χ0) is 15.8. The van der Waals surface area contributed by atoms with Crippen LogP contribution >= 0.6 is 0 Å². The van der Waals surface area contributed by atoms with Crippen molar-refractivity contribution in [1.82, 2.24) is 24.9 Å². The summed E-state index contributed by atoms with van der Waals surface area (Å²) in [4.78, 5) is 18.9. The molecule has 0 bridgehead atoms. The molecule has 1 saturated heterocycles. The molecule has 1 aliphatic heterocycles. The fourth-order valence-corrected chi connectivity index (χ4v) is 3.12. The van der Waals surface area contributed by atoms with E-state index in [2.05, 4.69) is 15.3 Å². The van der Waals surface area contributed by atoms with Crippen LogP contribution in [0.2, 0.25) is 0 Å². The number of hydrogen-bond acceptors (Lipinski definition) is 5. The zero-order valence-electron chi connectivity index (χ0n) is 12.8. The second-order valence-corrected chi connectivity index (χ2v) is 5.85. The highest BCUT2D eigenvalue weighted by atomic mass is 16.3. The lowest BCUT2D eigenvalue weighted by atomic mass is 10.0. The molecule has 2 aromatic heterocycles. The summed E-state index contributed by atoms with van der Waals surface area (Å²) in [5.74, 6) is 0.625. The first kappa shape index (κ1) is 13.9. The molecule has 1 amide bonds. The lowest BCUT2D eigenvalue weighted by Gasteiger charge is -2.32. The third kappa shape index (κ3) is 2.58. The van der Waals surface area contributed by atoms with Crippen LogP contribution in [-0.2, 0) is 0 Å². The summed E-state index contributed by atoms with van der Waals surface area (Å²) in [7, 11) is 0. The first-order chi connectivity index (χ1) is 11.2. The van der Waals surface area contributed by atoms with Gasteiger partial charge in [0, 0.05) is 31.8 Å². The van der Waals surface area contributed by atoms with Gasteiger partial charge in [-0.25, -0.2) is 9.67 Å². The third-order valence-electron chi connectivity index (χ3n) is 4.24. The van der Waals surface area contributed by atoms with E-state index in [-0.39, 0.29) is 11.9 Å². The molecule has 3 aromatic rings. The molecular weight excluding hydrogens is 294 g/mol. The molecule has 7 nitrogen and oxygen atoms in total. The predicted molar refractivity (Wildman–Crippen MR) is 82.9 cm³/mol. The molecule has 4 rings (SSSR count). The fraction of sp³-hybridized carbons (Fsp3) is 0.375. The molecular formula is C16H17N5O2. The van der Waals surface area contributed by atoms with Gasteiger partial charge < -0.3 is 9.32 Å². The van der Waals surface area contributed by atoms with Crippen LogP contribution in [0.5, 0.6) is 0 Å². The van der Waals surface area contributed by atoms with E-state index in [1.165, 1.54) is 0 Å². The summed E-state index contributed by atoms with van der Waals surface area (Å²) >= 11 is 0. The minimum Gasteiger partial charge on any atom is -0.441 e. The van der Waals surface area contributed by atoms with Crippen molar-refractivity contribution < 1.29 is 9.21 Å². The van der Waals surface area contributed by atoms with E-state index >= 15 is 0 Å². The van der Waals surface area contributed by atoms with Crippen molar-refractivity contribution in [3.63, 3.8) is 0 Å². The third-order valence-corrected chi connectivity index (χ3v) is 4.24. The number of likely N-dealkylation sites (tertiary alicyclic amines) is 1. The fourth-order valence-electron chi connectivity index (χ4n) is 3.12. The van der Waals surface area contributed by atoms with Crippen LogP contribution in [0.4, 0.5) is 0 Å². The number of rotatable bonds is 2. The highest BCUT2D eigenvalue weighted by Crippen LogP contribution is 2.23. The summed E-state index contributed by atoms with van der Waals surface area (Å²) in [5.41, 5.74) is 2.06. The molecule has 118 valence electrons. The second kappa shape index (κ2) is 5.49. The van der Waals surface area contributed by atoms with Crippen LogP contribution in [0.1, 0.15) is 35.1 Å². The maximum absolute atomic E-state index is 12.8. The molecule has 7 heteroatoms. The van der Waals surface area contributed by atoms with E-state index in [0.717, 1.165) is 24.9 Å². The molecule has 0 spiro atoms. The average Bonchev–Trinajstić information content (AvgIpc) is 3.22. The van der Waals surface area contributed by atoms with Gasteiger partial charge in [-0.1, -0.05) is 5.21 Å². The lowest BCUT2D eigenvalue weighted by molar-refractivity contribution is 0.0672. The van der Waals surface area contributed by atoms with Gasteiger partial charge in [0.25, 0.3) is 5.91 Å². The van der Waals surface area contributed by atoms with Gasteiger partial charge in [0.15, 0.2) is 11.5 Å². The Labute approximate surface area is 132 Å². The lowest BCUT2D eigenvalue weighted by Crippen LogP contribution is -2.40. The van der Waals surface area contributed by atoms with Gasteiger partial charge in [-0.3, -0.25) is 4.79 Å². The maximum atomic E-state index is 12.8. The number of fused-ring (bicyclic) bond motifs is 1. The Morgan fingerprint density at radius 1 is 1.39 bits per heavy atom. The number of aryl methyl sites for hydroxylation is 1. The summed E-state index contributed by atoms with van der Waals surface area (Å²) < 4.78 is 7.36. The molecule has 23 heavy (non-hydrogen) atoms. The number of carbonyl (C=O) groups excluding carboxylic acids is 1. The van der Waals surface area contributed by atoms with Crippen LogP contribution < -0.4 is 0 Å². The molecule has 0 aliphatic carbocycles. The van der Waals surface area contributed by atoms with E-state index in [9.17, 15) is 4.79 Å². The number of benzene rings is 1. The van der Waals surface area contributed by atoms with E-state index in [4.69, 9.17) is 4.42 Å². The van der Waals surface area contributed by atoms with Gasteiger partial charge in [0.2, 0.25) is 0 Å². The highest BCUT2D eigenvalue weighted by Gasteiger charge is 2.26. The normalized spacial score (nSPS) is 18.5. The predicted octanol–water partition coefficient (Wildman–Crippen LogP) is 2.21. The standard InChI is InChI=1S/C16H17N5O2/c1-11-18-14-5-4-12(9-15(14)23-11)16(22)20-7-2-3-13(10-20)21-8-6-17-19-21/h4-6,8-9,13H,2-3,7,10H2,1H3. The molecule has 0 saturated carbocycles. The smallest absolute Gasteiger partial charge is 0.254 e. The molecule has 0 N–H and O–H groups in total. The number of oxazole rings is 1. The van der Waals surface area contributed by atoms with Crippen molar-refractivity contribution in [3.8, 4) is 0 Å². The van der Waals surface area contributed by atoms with Crippen molar-refractivity contribution >= 4 is 17.0 Å². The highest BCUT2D eigenvalue weighted by molar-refractivity contribution is 5.97. The number of carbonyl (C=O) groups is 1. The first-order valence-electron chi connectivity index (χ1n) is 7.73. The SMILES string of the molecule is Cc1nc2ccc(C(=O)N3CCCC(n4ccnn4)C3)cc2o1. The van der Waals surface area contributed by atoms with Crippen molar-refractivity contribution in [1.29, 1.82) is 0 Å². The van der Waals surface area contributed by atoms with E-state index < -0.39 is 0 Å². The Kier molecular flexibility index (Phi) is 3.33. The molecule has 3 heterocycles. The van der Waals surface area contributed by atoms with Crippen molar-refractivity contribution in [3.05, 3.63) is 42.0 Å². The number of piperidine rings is 1. The van der Waals surface area contributed by atoms with Gasteiger partial charge in [0.1, 0.15) is 5.52 Å². The quantitative estimate of drug-likeness (QED) is 0.725. The monoisotopic (exact) mass is 311 g/mol. The topological polar surface area (TPSA) is 77.1 Å². The largest absolute Gasteiger partial charge is 0.441 e. The van der Waals surface area contributed by atoms with Crippen LogP contribution in [0.3, 0.4) is 0 Å². The summed E-state index contributed by atoms with van der Waals surface area (Å²) in [5, 5.41) is 7.91. The molecule has 0 radical (unpaired) electrons. The van der Waals surface area contributed by atoms with E-state index in [1.54, 1.807) is 19.2 Å². The summed E-state index contributed by atoms with van der Waals surface area (Å²) in [6, 6.07) is 5.60. The van der Waals surface area contributed by atoms with Crippen LogP contribution in [0.15, 0.2) is 35.0 Å². The van der Waals surface area contributed by atoms with Crippen molar-refractivity contribution in [2.75, 3.05) is 13.1 Å². The number of amides is 1. The molecule has 1 aliphatic rings. The van der Waals surface area contributed by atoms with Crippen molar-refractivity contribution in [2.24, 2.45) is 0 Å². The van der Waals surface area contributed by atoms with Gasteiger partial charge in [-0.05, 0) is 31.0 Å². The Morgan fingerprint density at radius 2 is 2.30 bits per heavy atom.